The highest BCUT2D eigenvalue weighted by atomic mass is 35.5. The summed E-state index contributed by atoms with van der Waals surface area (Å²) in [5, 5.41) is 7.14. The van der Waals surface area contributed by atoms with Crippen LogP contribution in [0.1, 0.15) is 36.7 Å². The second kappa shape index (κ2) is 8.25. The van der Waals surface area contributed by atoms with Gasteiger partial charge in [-0.3, -0.25) is 4.79 Å². The number of carbonyl (C=O) groups excluding carboxylic acids is 1. The molecule has 1 atom stereocenters. The van der Waals surface area contributed by atoms with Crippen LogP contribution in [-0.2, 0) is 10.0 Å². The van der Waals surface area contributed by atoms with Gasteiger partial charge in [-0.15, -0.1) is 12.4 Å². The van der Waals surface area contributed by atoms with Gasteiger partial charge in [0.15, 0.2) is 5.76 Å². The topological polar surface area (TPSA) is 128 Å². The van der Waals surface area contributed by atoms with E-state index in [1.165, 1.54) is 6.07 Å². The van der Waals surface area contributed by atoms with Gasteiger partial charge in [0.1, 0.15) is 0 Å². The maximum atomic E-state index is 11.8. The van der Waals surface area contributed by atoms with Crippen molar-refractivity contribution in [3.8, 4) is 0 Å². The molecular formula is C11H20ClN3O4S. The van der Waals surface area contributed by atoms with Crippen LogP contribution in [0.25, 0.3) is 0 Å². The molecule has 1 heterocycles. The number of amides is 1. The summed E-state index contributed by atoms with van der Waals surface area (Å²) in [4.78, 5) is 11.8. The number of rotatable bonds is 7. The van der Waals surface area contributed by atoms with Crippen molar-refractivity contribution < 1.29 is 17.6 Å². The summed E-state index contributed by atoms with van der Waals surface area (Å²) in [5.41, 5.74) is 5.55. The molecule has 0 aromatic carbocycles. The number of hydrogen-bond donors (Lipinski definition) is 3. The molecular weight excluding hydrogens is 306 g/mol. The Morgan fingerprint density at radius 3 is 2.55 bits per heavy atom. The lowest BCUT2D eigenvalue weighted by Gasteiger charge is -2.15. The van der Waals surface area contributed by atoms with Crippen LogP contribution >= 0.6 is 12.4 Å². The molecule has 9 heteroatoms. The zero-order valence-corrected chi connectivity index (χ0v) is 12.8. The summed E-state index contributed by atoms with van der Waals surface area (Å²) in [6.45, 7) is 2.36. The molecule has 1 unspecified atom stereocenters. The van der Waals surface area contributed by atoms with Crippen LogP contribution in [0.2, 0.25) is 0 Å². The van der Waals surface area contributed by atoms with Crippen molar-refractivity contribution >= 4 is 28.3 Å². The predicted octanol–water partition coefficient (Wildman–Crippen LogP) is 0.596. The van der Waals surface area contributed by atoms with Crippen LogP contribution < -0.4 is 16.2 Å². The first-order valence-corrected chi connectivity index (χ1v) is 7.56. The molecule has 0 aliphatic rings. The highest BCUT2D eigenvalue weighted by molar-refractivity contribution is 7.89. The molecule has 7 nitrogen and oxygen atoms in total. The number of sulfonamides is 1. The number of halogens is 1. The van der Waals surface area contributed by atoms with Gasteiger partial charge in [-0.2, -0.15) is 0 Å². The lowest BCUT2D eigenvalue weighted by Crippen LogP contribution is -2.40. The summed E-state index contributed by atoms with van der Waals surface area (Å²) in [6.07, 6.45) is 2.72. The lowest BCUT2D eigenvalue weighted by molar-refractivity contribution is 0.0902. The second-order valence-corrected chi connectivity index (χ2v) is 5.70. The first kappa shape index (κ1) is 18.9. The number of nitrogens with two attached hydrogens (primary N) is 2. The van der Waals surface area contributed by atoms with Gasteiger partial charge >= 0.3 is 0 Å². The largest absolute Gasteiger partial charge is 0.438 e. The molecule has 20 heavy (non-hydrogen) atoms. The quantitative estimate of drug-likeness (QED) is 0.676. The van der Waals surface area contributed by atoms with E-state index in [-0.39, 0.29) is 24.2 Å². The summed E-state index contributed by atoms with van der Waals surface area (Å²) in [5.74, 6) is -0.597. The monoisotopic (exact) mass is 325 g/mol. The first-order chi connectivity index (χ1) is 8.88. The average Bonchev–Trinajstić information content (AvgIpc) is 2.83. The van der Waals surface area contributed by atoms with E-state index in [0.29, 0.717) is 6.54 Å². The Balaban J connectivity index is 0.00000361. The van der Waals surface area contributed by atoms with Crippen LogP contribution in [0, 0.1) is 0 Å². The standard InChI is InChI=1S/C11H19N3O4S.ClH/c1-2-3-4-8(7-12)14-11(15)9-5-6-10(18-9)19(13,16)17;/h5-6,8H,2-4,7,12H2,1H3,(H,14,15)(H2,13,16,17);1H. The van der Waals surface area contributed by atoms with E-state index in [4.69, 9.17) is 15.3 Å². The summed E-state index contributed by atoms with van der Waals surface area (Å²) in [7, 11) is -3.94. The molecule has 5 N–H and O–H groups in total. The van der Waals surface area contributed by atoms with Crippen LogP contribution in [-0.4, -0.2) is 26.9 Å². The number of nitrogens with one attached hydrogen (secondary N) is 1. The Morgan fingerprint density at radius 1 is 1.45 bits per heavy atom. The van der Waals surface area contributed by atoms with Crippen LogP contribution in [0.4, 0.5) is 0 Å². The molecule has 0 saturated carbocycles. The third-order valence-electron chi connectivity index (χ3n) is 2.61. The van der Waals surface area contributed by atoms with E-state index < -0.39 is 21.0 Å². The molecule has 116 valence electrons. The average molecular weight is 326 g/mol. The van der Waals surface area contributed by atoms with Crippen molar-refractivity contribution in [2.24, 2.45) is 10.9 Å². The van der Waals surface area contributed by atoms with Crippen molar-refractivity contribution in [1.82, 2.24) is 5.32 Å². The highest BCUT2D eigenvalue weighted by Crippen LogP contribution is 2.12. The Bertz CT molecular complexity index is 530. The van der Waals surface area contributed by atoms with E-state index >= 15 is 0 Å². The van der Waals surface area contributed by atoms with Crippen molar-refractivity contribution in [2.45, 2.75) is 37.3 Å². The molecule has 1 aromatic heterocycles. The molecule has 0 spiro atoms. The Kier molecular flexibility index (Phi) is 7.80. The van der Waals surface area contributed by atoms with Crippen LogP contribution in [0.15, 0.2) is 21.6 Å². The summed E-state index contributed by atoms with van der Waals surface area (Å²) in [6, 6.07) is 2.26. The molecule has 0 radical (unpaired) electrons. The third-order valence-corrected chi connectivity index (χ3v) is 3.39. The van der Waals surface area contributed by atoms with E-state index in [9.17, 15) is 13.2 Å². The van der Waals surface area contributed by atoms with Gasteiger partial charge in [-0.25, -0.2) is 13.6 Å². The van der Waals surface area contributed by atoms with Gasteiger partial charge in [0.25, 0.3) is 15.9 Å². The molecule has 0 aliphatic carbocycles. The smallest absolute Gasteiger partial charge is 0.287 e. The Hall–Kier alpha value is -1.09. The fourth-order valence-corrected chi connectivity index (χ4v) is 2.01. The van der Waals surface area contributed by atoms with E-state index in [1.807, 2.05) is 6.92 Å². The van der Waals surface area contributed by atoms with Crippen molar-refractivity contribution in [1.29, 1.82) is 0 Å². The third kappa shape index (κ3) is 5.49. The number of primary sulfonamides is 1. The molecule has 1 amide bonds. The van der Waals surface area contributed by atoms with Gasteiger partial charge in [0.05, 0.1) is 0 Å². The van der Waals surface area contributed by atoms with E-state index in [2.05, 4.69) is 5.32 Å². The van der Waals surface area contributed by atoms with Gasteiger partial charge in [-0.1, -0.05) is 19.8 Å². The molecule has 1 rings (SSSR count). The van der Waals surface area contributed by atoms with Gasteiger partial charge in [-0.05, 0) is 18.6 Å². The number of furan rings is 1. The molecule has 0 bridgehead atoms. The van der Waals surface area contributed by atoms with Crippen molar-refractivity contribution in [2.75, 3.05) is 6.54 Å². The van der Waals surface area contributed by atoms with E-state index in [1.54, 1.807) is 0 Å². The minimum atomic E-state index is -3.94. The lowest BCUT2D eigenvalue weighted by atomic mass is 10.1. The molecule has 0 fully saturated rings. The molecule has 0 aliphatic heterocycles. The zero-order chi connectivity index (χ0) is 14.5. The van der Waals surface area contributed by atoms with Crippen LogP contribution in [0.5, 0.6) is 0 Å². The summed E-state index contributed by atoms with van der Waals surface area (Å²) >= 11 is 0. The first-order valence-electron chi connectivity index (χ1n) is 6.02. The highest BCUT2D eigenvalue weighted by Gasteiger charge is 2.19. The maximum Gasteiger partial charge on any atom is 0.287 e. The van der Waals surface area contributed by atoms with Gasteiger partial charge in [0.2, 0.25) is 5.09 Å². The Labute approximate surface area is 124 Å². The Morgan fingerprint density at radius 2 is 2.10 bits per heavy atom. The fraction of sp³-hybridized carbons (Fsp3) is 0.545. The second-order valence-electron chi connectivity index (χ2n) is 4.21. The summed E-state index contributed by atoms with van der Waals surface area (Å²) < 4.78 is 26.9. The predicted molar refractivity (Wildman–Crippen MR) is 77.2 cm³/mol. The van der Waals surface area contributed by atoms with Crippen molar-refractivity contribution in [3.63, 3.8) is 0 Å². The normalized spacial score (nSPS) is 12.6. The van der Waals surface area contributed by atoms with Gasteiger partial charge in [0, 0.05) is 12.6 Å². The van der Waals surface area contributed by atoms with Gasteiger partial charge < -0.3 is 15.5 Å². The molecule has 1 aromatic rings. The zero-order valence-electron chi connectivity index (χ0n) is 11.2. The van der Waals surface area contributed by atoms with E-state index in [0.717, 1.165) is 25.3 Å². The minimum Gasteiger partial charge on any atom is -0.438 e. The molecule has 0 saturated heterocycles. The van der Waals surface area contributed by atoms with Crippen LogP contribution in [0.3, 0.4) is 0 Å². The number of hydrogen-bond acceptors (Lipinski definition) is 5. The maximum absolute atomic E-state index is 11.8. The fourth-order valence-electron chi connectivity index (χ4n) is 1.55. The van der Waals surface area contributed by atoms with Crippen molar-refractivity contribution in [3.05, 3.63) is 17.9 Å². The SMILES string of the molecule is CCCCC(CN)NC(=O)c1ccc(S(N)(=O)=O)o1.Cl. The number of unbranched alkanes of at least 4 members (excludes halogenated alkanes) is 1. The number of carbonyl (C=O) groups is 1. The minimum absolute atomic E-state index is 0.